The van der Waals surface area contributed by atoms with Crippen LogP contribution in [-0.4, -0.2) is 11.8 Å². The summed E-state index contributed by atoms with van der Waals surface area (Å²) >= 11 is 1.25. The van der Waals surface area contributed by atoms with E-state index in [0.717, 1.165) is 11.4 Å². The van der Waals surface area contributed by atoms with E-state index in [1.807, 2.05) is 24.3 Å². The van der Waals surface area contributed by atoms with E-state index in [2.05, 4.69) is 37.4 Å². The monoisotopic (exact) mass is 259 g/mol. The van der Waals surface area contributed by atoms with Gasteiger partial charge in [-0.1, -0.05) is 44.2 Å². The second kappa shape index (κ2) is 5.91. The highest BCUT2D eigenvalue weighted by Crippen LogP contribution is 2.23. The zero-order valence-corrected chi connectivity index (χ0v) is 11.5. The third-order valence-electron chi connectivity index (χ3n) is 2.59. The molecule has 2 aromatic carbocycles. The lowest BCUT2D eigenvalue weighted by Crippen LogP contribution is -2.23. The molecule has 1 N–H and O–H groups in total. The van der Waals surface area contributed by atoms with Gasteiger partial charge in [0, 0.05) is 11.4 Å². The molecule has 0 unspecified atom stereocenters. The largest absolute Gasteiger partial charge is 0.346 e. The fourth-order valence-electron chi connectivity index (χ4n) is 1.66. The average molecular weight is 259 g/mol. The molecule has 2 nitrogen and oxygen atoms in total. The number of benzene rings is 2. The Morgan fingerprint density at radius 2 is 1.89 bits per heavy atom. The van der Waals surface area contributed by atoms with Crippen LogP contribution in [0.5, 0.6) is 0 Å². The molecule has 2 aromatic rings. The van der Waals surface area contributed by atoms with Crippen LogP contribution in [0.1, 0.15) is 13.8 Å². The van der Waals surface area contributed by atoms with Crippen molar-refractivity contribution in [2.24, 2.45) is 5.92 Å². The molecule has 1 amide bonds. The van der Waals surface area contributed by atoms with Gasteiger partial charge in [-0.3, -0.25) is 4.79 Å². The Labute approximate surface area is 112 Å². The van der Waals surface area contributed by atoms with Gasteiger partial charge in [0.25, 0.3) is 5.24 Å². The van der Waals surface area contributed by atoms with Crippen molar-refractivity contribution in [1.82, 2.24) is 5.32 Å². The van der Waals surface area contributed by atoms with E-state index in [1.165, 1.54) is 22.5 Å². The molecule has 0 atom stereocenters. The molecule has 0 aliphatic carbocycles. The molecule has 0 saturated heterocycles. The Hall–Kier alpha value is -1.48. The molecule has 18 heavy (non-hydrogen) atoms. The van der Waals surface area contributed by atoms with E-state index in [1.54, 1.807) is 0 Å². The van der Waals surface area contributed by atoms with Crippen molar-refractivity contribution >= 4 is 27.8 Å². The molecule has 0 spiro atoms. The first kappa shape index (κ1) is 13.0. The first-order chi connectivity index (χ1) is 8.65. The van der Waals surface area contributed by atoms with Gasteiger partial charge in [0.15, 0.2) is 0 Å². The summed E-state index contributed by atoms with van der Waals surface area (Å²) in [5, 5.41) is 5.28. The summed E-state index contributed by atoms with van der Waals surface area (Å²) in [5.74, 6) is 0.478. The number of hydrogen-bond acceptors (Lipinski definition) is 2. The molecule has 0 bridgehead atoms. The van der Waals surface area contributed by atoms with Crippen molar-refractivity contribution in [2.45, 2.75) is 18.7 Å². The minimum absolute atomic E-state index is 0.0129. The maximum Gasteiger partial charge on any atom is 0.283 e. The van der Waals surface area contributed by atoms with Crippen LogP contribution >= 0.6 is 11.8 Å². The normalized spacial score (nSPS) is 10.8. The minimum atomic E-state index is 0.0129. The molecule has 94 valence electrons. The van der Waals surface area contributed by atoms with Gasteiger partial charge in [-0.05, 0) is 40.6 Å². The van der Waals surface area contributed by atoms with Gasteiger partial charge < -0.3 is 5.32 Å². The zero-order chi connectivity index (χ0) is 13.0. The van der Waals surface area contributed by atoms with Crippen molar-refractivity contribution in [3.8, 4) is 0 Å². The van der Waals surface area contributed by atoms with Crippen LogP contribution in [0.4, 0.5) is 4.79 Å². The predicted molar refractivity (Wildman–Crippen MR) is 78.0 cm³/mol. The van der Waals surface area contributed by atoms with Crippen LogP contribution in [0.15, 0.2) is 47.4 Å². The first-order valence-corrected chi connectivity index (χ1v) is 6.91. The summed E-state index contributed by atoms with van der Waals surface area (Å²) in [6, 6.07) is 14.2. The molecular formula is C15H17NOS. The van der Waals surface area contributed by atoms with Crippen LogP contribution in [0, 0.1) is 5.92 Å². The fourth-order valence-corrected chi connectivity index (χ4v) is 2.35. The van der Waals surface area contributed by atoms with Gasteiger partial charge in [-0.25, -0.2) is 0 Å². The van der Waals surface area contributed by atoms with Gasteiger partial charge >= 0.3 is 0 Å². The molecule has 0 saturated carbocycles. The van der Waals surface area contributed by atoms with Crippen molar-refractivity contribution in [3.05, 3.63) is 42.5 Å². The lowest BCUT2D eigenvalue weighted by atomic mass is 10.1. The number of nitrogens with one attached hydrogen (secondary N) is 1. The number of rotatable bonds is 3. The highest BCUT2D eigenvalue weighted by molar-refractivity contribution is 8.13. The van der Waals surface area contributed by atoms with E-state index in [4.69, 9.17) is 0 Å². The smallest absolute Gasteiger partial charge is 0.283 e. The lowest BCUT2D eigenvalue weighted by molar-refractivity contribution is 0.259. The van der Waals surface area contributed by atoms with E-state index < -0.39 is 0 Å². The zero-order valence-electron chi connectivity index (χ0n) is 10.6. The summed E-state index contributed by atoms with van der Waals surface area (Å²) < 4.78 is 0. The van der Waals surface area contributed by atoms with Crippen molar-refractivity contribution in [2.75, 3.05) is 6.54 Å². The topological polar surface area (TPSA) is 29.1 Å². The number of fused-ring (bicyclic) bond motifs is 1. The van der Waals surface area contributed by atoms with Gasteiger partial charge in [0.2, 0.25) is 0 Å². The molecule has 0 aliphatic heterocycles. The number of hydrogen-bond donors (Lipinski definition) is 1. The van der Waals surface area contributed by atoms with Gasteiger partial charge in [0.05, 0.1) is 0 Å². The van der Waals surface area contributed by atoms with Crippen molar-refractivity contribution in [1.29, 1.82) is 0 Å². The lowest BCUT2D eigenvalue weighted by Gasteiger charge is -2.07. The average Bonchev–Trinajstić information content (AvgIpc) is 2.36. The third-order valence-corrected chi connectivity index (χ3v) is 3.41. The Kier molecular flexibility index (Phi) is 4.26. The van der Waals surface area contributed by atoms with Crippen LogP contribution < -0.4 is 5.32 Å². The molecular weight excluding hydrogens is 242 g/mol. The van der Waals surface area contributed by atoms with E-state index in [0.29, 0.717) is 5.92 Å². The Morgan fingerprint density at radius 1 is 1.17 bits per heavy atom. The van der Waals surface area contributed by atoms with Gasteiger partial charge in [-0.15, -0.1) is 0 Å². The quantitative estimate of drug-likeness (QED) is 0.833. The summed E-state index contributed by atoms with van der Waals surface area (Å²) in [5.41, 5.74) is 0. The summed E-state index contributed by atoms with van der Waals surface area (Å²) in [4.78, 5) is 12.7. The van der Waals surface area contributed by atoms with Gasteiger partial charge in [0.1, 0.15) is 0 Å². The minimum Gasteiger partial charge on any atom is -0.346 e. The van der Waals surface area contributed by atoms with E-state index in [-0.39, 0.29) is 5.24 Å². The fraction of sp³-hybridized carbons (Fsp3) is 0.267. The second-order valence-electron chi connectivity index (χ2n) is 4.67. The van der Waals surface area contributed by atoms with Crippen molar-refractivity contribution in [3.63, 3.8) is 0 Å². The maximum absolute atomic E-state index is 11.7. The first-order valence-electron chi connectivity index (χ1n) is 6.09. The molecule has 2 rings (SSSR count). The van der Waals surface area contributed by atoms with Crippen LogP contribution in [0.3, 0.4) is 0 Å². The summed E-state index contributed by atoms with van der Waals surface area (Å²) in [6.45, 7) is 4.89. The molecule has 0 heterocycles. The molecule has 0 fully saturated rings. The SMILES string of the molecule is CC(C)CNC(=O)Sc1ccc2ccccc2c1. The third kappa shape index (κ3) is 3.50. The summed E-state index contributed by atoms with van der Waals surface area (Å²) in [7, 11) is 0. The van der Waals surface area contributed by atoms with Crippen LogP contribution in [0.25, 0.3) is 10.8 Å². The van der Waals surface area contributed by atoms with Crippen molar-refractivity contribution < 1.29 is 4.79 Å². The van der Waals surface area contributed by atoms with Crippen LogP contribution in [0.2, 0.25) is 0 Å². The molecule has 0 aromatic heterocycles. The molecule has 0 radical (unpaired) electrons. The number of thioether (sulfide) groups is 1. The number of carbonyl (C=O) groups is 1. The molecule has 0 aliphatic rings. The Morgan fingerprint density at radius 3 is 2.61 bits per heavy atom. The van der Waals surface area contributed by atoms with Gasteiger partial charge in [-0.2, -0.15) is 0 Å². The highest BCUT2D eigenvalue weighted by Gasteiger charge is 2.05. The number of carbonyl (C=O) groups excluding carboxylic acids is 1. The highest BCUT2D eigenvalue weighted by atomic mass is 32.2. The van der Waals surface area contributed by atoms with E-state index in [9.17, 15) is 4.79 Å². The van der Waals surface area contributed by atoms with E-state index >= 15 is 0 Å². The maximum atomic E-state index is 11.7. The molecule has 3 heteroatoms. The second-order valence-corrected chi connectivity index (χ2v) is 5.72. The Bertz CT molecular complexity index is 551. The number of amides is 1. The van der Waals surface area contributed by atoms with Crippen LogP contribution in [-0.2, 0) is 0 Å². The predicted octanol–water partition coefficient (Wildman–Crippen LogP) is 4.30. The summed E-state index contributed by atoms with van der Waals surface area (Å²) in [6.07, 6.45) is 0. The standard InChI is InChI=1S/C15H17NOS/c1-11(2)10-16-15(17)18-14-8-7-12-5-3-4-6-13(12)9-14/h3-9,11H,10H2,1-2H3,(H,16,17). The Balaban J connectivity index is 2.05.